The molecule has 0 aliphatic heterocycles. The molecule has 1 heterocycles. The zero-order chi connectivity index (χ0) is 19.7. The summed E-state index contributed by atoms with van der Waals surface area (Å²) in [5.74, 6) is 3.64. The second kappa shape index (κ2) is 15.0. The smallest absolute Gasteiger partial charge is 0.409 e. The highest BCUT2D eigenvalue weighted by Crippen LogP contribution is 2.18. The monoisotopic (exact) mass is 377 g/mol. The maximum atomic E-state index is 11.5. The van der Waals surface area contributed by atoms with Gasteiger partial charge in [0, 0.05) is 24.5 Å². The first-order valence-electron chi connectivity index (χ1n) is 10.5. The van der Waals surface area contributed by atoms with Crippen molar-refractivity contribution < 1.29 is 19.8 Å². The Kier molecular flexibility index (Phi) is 12.8. The molecule has 0 saturated carbocycles. The molecule has 1 rings (SSSR count). The molecule has 0 aliphatic rings. The van der Waals surface area contributed by atoms with E-state index in [2.05, 4.69) is 18.8 Å². The summed E-state index contributed by atoms with van der Waals surface area (Å²) in [4.78, 5) is 16.2. The molecule has 0 radical (unpaired) electrons. The molecule has 27 heavy (non-hydrogen) atoms. The number of carbonyl (C=O) groups excluding carboxylic acids is 1. The van der Waals surface area contributed by atoms with Gasteiger partial charge < -0.3 is 15.1 Å². The number of nitrogens with zero attached hydrogens (tertiary/aromatic N) is 1. The van der Waals surface area contributed by atoms with Gasteiger partial charge in [0.05, 0.1) is 0 Å². The first-order valence-corrected chi connectivity index (χ1v) is 10.5. The number of hydrogen-bond donors (Lipinski definition) is 2. The number of unbranched alkanes of at least 4 members (excludes halogenated alkanes) is 13. The van der Waals surface area contributed by atoms with Crippen molar-refractivity contribution in [2.45, 2.75) is 96.8 Å². The highest BCUT2D eigenvalue weighted by Gasteiger charge is 2.09. The van der Waals surface area contributed by atoms with E-state index >= 15 is 0 Å². The number of aromatic hydroxyl groups is 2. The second-order valence-corrected chi connectivity index (χ2v) is 7.02. The van der Waals surface area contributed by atoms with Crippen molar-refractivity contribution in [3.63, 3.8) is 0 Å². The van der Waals surface area contributed by atoms with Crippen LogP contribution in [0.2, 0.25) is 0 Å². The molecule has 1 aromatic heterocycles. The highest BCUT2D eigenvalue weighted by atomic mass is 16.7. The van der Waals surface area contributed by atoms with Crippen molar-refractivity contribution in [3.05, 3.63) is 12.1 Å². The van der Waals surface area contributed by atoms with Gasteiger partial charge in [-0.15, -0.1) is 4.73 Å². The van der Waals surface area contributed by atoms with Crippen molar-refractivity contribution in [2.24, 2.45) is 0 Å². The maximum Gasteiger partial charge on any atom is 0.409 e. The molecule has 0 saturated heterocycles. The predicted octanol–water partition coefficient (Wildman–Crippen LogP) is 5.34. The summed E-state index contributed by atoms with van der Waals surface area (Å²) < 4.78 is 0.641. The Labute approximate surface area is 163 Å². The van der Waals surface area contributed by atoms with Crippen LogP contribution in [0.5, 0.6) is 11.8 Å². The Hall–Kier alpha value is -2.09. The summed E-state index contributed by atoms with van der Waals surface area (Å²) in [5.41, 5.74) is 0. The molecule has 0 aromatic carbocycles. The van der Waals surface area contributed by atoms with Gasteiger partial charge in [-0.25, -0.2) is 4.79 Å². The third-order valence-electron chi connectivity index (χ3n) is 4.57. The fourth-order valence-corrected chi connectivity index (χ4v) is 2.97. The van der Waals surface area contributed by atoms with Crippen LogP contribution in [-0.2, 0) is 4.79 Å². The van der Waals surface area contributed by atoms with E-state index in [9.17, 15) is 15.0 Å². The summed E-state index contributed by atoms with van der Waals surface area (Å²) in [6.45, 7) is 2.25. The van der Waals surface area contributed by atoms with Crippen LogP contribution in [-0.4, -0.2) is 20.9 Å². The fraction of sp³-hybridized carbons (Fsp3) is 0.682. The van der Waals surface area contributed by atoms with Crippen LogP contribution in [0.3, 0.4) is 0 Å². The molecule has 0 amide bonds. The molecule has 0 bridgehead atoms. The lowest BCUT2D eigenvalue weighted by atomic mass is 10.0. The minimum atomic E-state index is -0.800. The summed E-state index contributed by atoms with van der Waals surface area (Å²) in [6, 6.07) is 2.45. The van der Waals surface area contributed by atoms with Gasteiger partial charge in [-0.3, -0.25) is 0 Å². The highest BCUT2D eigenvalue weighted by molar-refractivity contribution is 5.88. The zero-order valence-corrected chi connectivity index (χ0v) is 16.7. The Morgan fingerprint density at radius 2 is 1.30 bits per heavy atom. The van der Waals surface area contributed by atoms with Crippen molar-refractivity contribution in [1.82, 2.24) is 4.73 Å². The van der Waals surface area contributed by atoms with E-state index in [0.29, 0.717) is 11.2 Å². The van der Waals surface area contributed by atoms with E-state index in [1.165, 1.54) is 82.8 Å². The van der Waals surface area contributed by atoms with Crippen LogP contribution in [0.4, 0.5) is 0 Å². The van der Waals surface area contributed by atoms with E-state index in [-0.39, 0.29) is 11.8 Å². The van der Waals surface area contributed by atoms with Crippen molar-refractivity contribution in [1.29, 1.82) is 0 Å². The van der Waals surface area contributed by atoms with Gasteiger partial charge in [-0.05, 0) is 6.42 Å². The summed E-state index contributed by atoms with van der Waals surface area (Å²) >= 11 is 0. The maximum absolute atomic E-state index is 11.5. The van der Waals surface area contributed by atoms with Gasteiger partial charge in [0.1, 0.15) is 0 Å². The molecule has 1 aromatic rings. The average Bonchev–Trinajstić information content (AvgIpc) is 2.97. The van der Waals surface area contributed by atoms with E-state index in [1.54, 1.807) is 0 Å². The van der Waals surface area contributed by atoms with Crippen molar-refractivity contribution in [2.75, 3.05) is 0 Å². The average molecular weight is 378 g/mol. The molecule has 0 aliphatic carbocycles. The molecule has 0 spiro atoms. The minimum Gasteiger partial charge on any atom is -0.492 e. The lowest BCUT2D eigenvalue weighted by Gasteiger charge is -2.02. The summed E-state index contributed by atoms with van der Waals surface area (Å²) in [5, 5.41) is 18.7. The SMILES string of the molecule is CCCCCCCCCCCCCCCC#CC(=O)On1c(O)ccc1O. The largest absolute Gasteiger partial charge is 0.492 e. The zero-order valence-electron chi connectivity index (χ0n) is 16.7. The number of rotatable bonds is 14. The Morgan fingerprint density at radius 3 is 1.78 bits per heavy atom. The quantitative estimate of drug-likeness (QED) is 0.339. The second-order valence-electron chi connectivity index (χ2n) is 7.02. The van der Waals surface area contributed by atoms with Crippen LogP contribution >= 0.6 is 0 Å². The summed E-state index contributed by atoms with van der Waals surface area (Å²) in [6.07, 6.45) is 17.5. The lowest BCUT2D eigenvalue weighted by molar-refractivity contribution is -0.138. The predicted molar refractivity (Wildman–Crippen MR) is 107 cm³/mol. The van der Waals surface area contributed by atoms with Gasteiger partial charge in [0.2, 0.25) is 11.8 Å². The Balaban J connectivity index is 1.92. The van der Waals surface area contributed by atoms with E-state index in [4.69, 9.17) is 4.84 Å². The fourth-order valence-electron chi connectivity index (χ4n) is 2.97. The first-order chi connectivity index (χ1) is 13.1. The van der Waals surface area contributed by atoms with E-state index in [0.717, 1.165) is 12.8 Å². The normalized spacial score (nSPS) is 10.4. The van der Waals surface area contributed by atoms with Crippen molar-refractivity contribution in [3.8, 4) is 23.6 Å². The molecule has 5 heteroatoms. The van der Waals surface area contributed by atoms with Gasteiger partial charge in [-0.1, -0.05) is 89.9 Å². The molecule has 0 fully saturated rings. The van der Waals surface area contributed by atoms with Gasteiger partial charge in [0.25, 0.3) is 0 Å². The standard InChI is InChI=1S/C22H35NO4/c1-2-3-4-5-6-7-8-9-10-11-12-13-14-15-16-17-22(26)27-23-20(24)18-19-21(23)25/h18-19,24-25H,2-15H2,1H3. The van der Waals surface area contributed by atoms with Gasteiger partial charge >= 0.3 is 5.97 Å². The van der Waals surface area contributed by atoms with Crippen LogP contribution in [0, 0.1) is 11.8 Å². The molecule has 5 nitrogen and oxygen atoms in total. The number of hydrogen-bond acceptors (Lipinski definition) is 4. The van der Waals surface area contributed by atoms with Crippen LogP contribution in [0.1, 0.15) is 96.8 Å². The third-order valence-corrected chi connectivity index (χ3v) is 4.57. The molecule has 2 N–H and O–H groups in total. The van der Waals surface area contributed by atoms with Crippen LogP contribution < -0.4 is 4.84 Å². The van der Waals surface area contributed by atoms with Gasteiger partial charge in [0.15, 0.2) is 0 Å². The van der Waals surface area contributed by atoms with Gasteiger partial charge in [-0.2, -0.15) is 0 Å². The molecular weight excluding hydrogens is 342 g/mol. The minimum absolute atomic E-state index is 0.348. The van der Waals surface area contributed by atoms with Crippen LogP contribution in [0.25, 0.3) is 0 Å². The summed E-state index contributed by atoms with van der Waals surface area (Å²) in [7, 11) is 0. The lowest BCUT2D eigenvalue weighted by Crippen LogP contribution is -2.16. The van der Waals surface area contributed by atoms with Crippen LogP contribution in [0.15, 0.2) is 12.1 Å². The molecule has 152 valence electrons. The van der Waals surface area contributed by atoms with E-state index < -0.39 is 5.97 Å². The Bertz CT molecular complexity index is 563. The number of carbonyl (C=O) groups is 1. The third kappa shape index (κ3) is 11.3. The number of aromatic nitrogens is 1. The molecule has 0 unspecified atom stereocenters. The Morgan fingerprint density at radius 1 is 0.852 bits per heavy atom. The first kappa shape index (κ1) is 23.0. The molecule has 0 atom stereocenters. The van der Waals surface area contributed by atoms with E-state index in [1.807, 2.05) is 0 Å². The topological polar surface area (TPSA) is 71.7 Å². The molecular formula is C22H35NO4. The van der Waals surface area contributed by atoms with Crippen molar-refractivity contribution >= 4 is 5.97 Å².